The molecule has 4 heterocycles. The minimum Gasteiger partial charge on any atom is -0.372 e. The van der Waals surface area contributed by atoms with Gasteiger partial charge in [-0.1, -0.05) is 61.1 Å². The van der Waals surface area contributed by atoms with Crippen LogP contribution in [-0.4, -0.2) is 31.9 Å². The molecule has 156 valence electrons. The Labute approximate surface area is 192 Å². The fourth-order valence-electron chi connectivity index (χ4n) is 3.71. The maximum Gasteiger partial charge on any atom is 0.198 e. The lowest BCUT2D eigenvalue weighted by atomic mass is 9.96. The number of ether oxygens (including phenoxy) is 1. The van der Waals surface area contributed by atoms with E-state index in [-0.39, 0.29) is 6.10 Å². The summed E-state index contributed by atoms with van der Waals surface area (Å²) in [7, 11) is 0. The first kappa shape index (κ1) is 20.6. The fraction of sp³-hybridized carbons (Fsp3) is 0.381. The second-order valence-corrected chi connectivity index (χ2v) is 10.9. The van der Waals surface area contributed by atoms with Gasteiger partial charge < -0.3 is 4.74 Å². The van der Waals surface area contributed by atoms with Crippen molar-refractivity contribution in [2.75, 3.05) is 6.26 Å². The molecule has 30 heavy (non-hydrogen) atoms. The molecule has 1 aromatic carbocycles. The van der Waals surface area contributed by atoms with Gasteiger partial charge >= 0.3 is 0 Å². The Bertz CT molecular complexity index is 1220. The van der Waals surface area contributed by atoms with E-state index < -0.39 is 0 Å². The van der Waals surface area contributed by atoms with Crippen molar-refractivity contribution in [1.29, 1.82) is 0 Å². The van der Waals surface area contributed by atoms with Crippen LogP contribution in [0.2, 0.25) is 5.02 Å². The molecule has 0 saturated carbocycles. The zero-order valence-electron chi connectivity index (χ0n) is 16.9. The first-order chi connectivity index (χ1) is 14.5. The van der Waals surface area contributed by atoms with Crippen LogP contribution in [0.1, 0.15) is 29.9 Å². The number of nitrogens with zero attached hydrogens (tertiary/aromatic N) is 4. The van der Waals surface area contributed by atoms with Gasteiger partial charge in [-0.2, -0.15) is 0 Å². The van der Waals surface area contributed by atoms with Crippen molar-refractivity contribution >= 4 is 62.3 Å². The van der Waals surface area contributed by atoms with Gasteiger partial charge in [0.05, 0.1) is 18.1 Å². The van der Waals surface area contributed by atoms with Crippen LogP contribution in [0.3, 0.4) is 0 Å². The molecule has 1 aliphatic rings. The van der Waals surface area contributed by atoms with Crippen LogP contribution in [0.5, 0.6) is 0 Å². The van der Waals surface area contributed by atoms with Crippen LogP contribution in [0.15, 0.2) is 34.6 Å². The quantitative estimate of drug-likeness (QED) is 0.256. The largest absolute Gasteiger partial charge is 0.372 e. The highest BCUT2D eigenvalue weighted by molar-refractivity contribution is 7.99. The Morgan fingerprint density at radius 2 is 2.03 bits per heavy atom. The summed E-state index contributed by atoms with van der Waals surface area (Å²) in [6.45, 7) is 5.09. The Kier molecular flexibility index (Phi) is 5.70. The first-order valence-electron chi connectivity index (χ1n) is 9.77. The normalized spacial score (nSPS) is 16.6. The molecule has 9 heteroatoms. The summed E-state index contributed by atoms with van der Waals surface area (Å²) < 4.78 is 8.20. The van der Waals surface area contributed by atoms with Crippen LogP contribution in [0, 0.1) is 5.92 Å². The summed E-state index contributed by atoms with van der Waals surface area (Å²) in [6, 6.07) is 7.93. The third-order valence-corrected chi connectivity index (χ3v) is 8.35. The van der Waals surface area contributed by atoms with Gasteiger partial charge in [0, 0.05) is 22.1 Å². The smallest absolute Gasteiger partial charge is 0.198 e. The minimum atomic E-state index is 0.234. The summed E-state index contributed by atoms with van der Waals surface area (Å²) in [5, 5.41) is 12.8. The Hall–Kier alpha value is -1.32. The summed E-state index contributed by atoms with van der Waals surface area (Å²) >= 11 is 11.0. The number of fused-ring (bicyclic) bond motifs is 5. The number of aromatic nitrogens is 4. The molecule has 3 aromatic heterocycles. The summed E-state index contributed by atoms with van der Waals surface area (Å²) in [6.07, 6.45) is 3.19. The van der Waals surface area contributed by atoms with Gasteiger partial charge in [0.25, 0.3) is 0 Å². The van der Waals surface area contributed by atoms with Gasteiger partial charge in [0.2, 0.25) is 0 Å². The topological polar surface area (TPSA) is 52.3 Å². The molecule has 5 rings (SSSR count). The summed E-state index contributed by atoms with van der Waals surface area (Å²) in [5.74, 6) is 1.28. The van der Waals surface area contributed by atoms with Gasteiger partial charge in [-0.25, -0.2) is 9.38 Å². The van der Waals surface area contributed by atoms with E-state index in [4.69, 9.17) is 21.3 Å². The average molecular weight is 477 g/mol. The monoisotopic (exact) mass is 476 g/mol. The van der Waals surface area contributed by atoms with Crippen molar-refractivity contribution in [3.63, 3.8) is 0 Å². The zero-order valence-corrected chi connectivity index (χ0v) is 20.1. The molecule has 0 N–H and O–H groups in total. The van der Waals surface area contributed by atoms with Crippen LogP contribution in [-0.2, 0) is 23.5 Å². The van der Waals surface area contributed by atoms with Crippen LogP contribution in [0.25, 0.3) is 15.9 Å². The van der Waals surface area contributed by atoms with Crippen molar-refractivity contribution in [3.05, 3.63) is 45.3 Å². The van der Waals surface area contributed by atoms with E-state index in [0.29, 0.717) is 12.5 Å². The highest BCUT2D eigenvalue weighted by Gasteiger charge is 2.28. The van der Waals surface area contributed by atoms with E-state index in [2.05, 4.69) is 28.4 Å². The number of hydrogen-bond donors (Lipinski definition) is 0. The maximum atomic E-state index is 6.09. The lowest BCUT2D eigenvalue weighted by molar-refractivity contribution is 0.00203. The van der Waals surface area contributed by atoms with E-state index in [1.165, 1.54) is 16.0 Å². The minimum absolute atomic E-state index is 0.234. The molecule has 0 unspecified atom stereocenters. The molecule has 0 spiro atoms. The molecule has 0 bridgehead atoms. The van der Waals surface area contributed by atoms with Crippen molar-refractivity contribution in [3.8, 4) is 0 Å². The molecule has 0 amide bonds. The highest BCUT2D eigenvalue weighted by Crippen LogP contribution is 2.40. The molecule has 0 fully saturated rings. The predicted molar refractivity (Wildman–Crippen MR) is 126 cm³/mol. The van der Waals surface area contributed by atoms with E-state index in [0.717, 1.165) is 43.4 Å². The molecular weight excluding hydrogens is 456 g/mol. The number of thiophene rings is 1. The van der Waals surface area contributed by atoms with Gasteiger partial charge in [-0.05, 0) is 35.4 Å². The van der Waals surface area contributed by atoms with Crippen molar-refractivity contribution in [2.24, 2.45) is 5.92 Å². The van der Waals surface area contributed by atoms with Gasteiger partial charge in [0.1, 0.15) is 4.83 Å². The van der Waals surface area contributed by atoms with E-state index in [1.54, 1.807) is 34.9 Å². The Morgan fingerprint density at radius 1 is 1.23 bits per heavy atom. The van der Waals surface area contributed by atoms with E-state index >= 15 is 0 Å². The fourth-order valence-corrected chi connectivity index (χ4v) is 6.50. The number of thioether (sulfide) groups is 2. The number of halogens is 1. The average Bonchev–Trinajstić information content (AvgIpc) is 3.33. The lowest BCUT2D eigenvalue weighted by Gasteiger charge is -2.26. The van der Waals surface area contributed by atoms with Gasteiger partial charge in [-0.15, -0.1) is 21.5 Å². The Balaban J connectivity index is 1.58. The van der Waals surface area contributed by atoms with E-state index in [9.17, 15) is 0 Å². The van der Waals surface area contributed by atoms with Crippen LogP contribution in [0.4, 0.5) is 0 Å². The summed E-state index contributed by atoms with van der Waals surface area (Å²) in [4.78, 5) is 7.28. The number of benzene rings is 1. The molecular formula is C21H21ClN4OS3. The van der Waals surface area contributed by atoms with Crippen molar-refractivity contribution in [1.82, 2.24) is 19.6 Å². The Morgan fingerprint density at radius 3 is 2.77 bits per heavy atom. The van der Waals surface area contributed by atoms with E-state index in [1.807, 2.05) is 30.5 Å². The summed E-state index contributed by atoms with van der Waals surface area (Å²) in [5.41, 5.74) is 3.45. The number of hydrogen-bond acceptors (Lipinski definition) is 7. The van der Waals surface area contributed by atoms with Crippen LogP contribution >= 0.6 is 46.5 Å². The molecule has 5 nitrogen and oxygen atoms in total. The molecule has 0 aliphatic carbocycles. The highest BCUT2D eigenvalue weighted by atomic mass is 35.5. The lowest BCUT2D eigenvalue weighted by Crippen LogP contribution is -2.26. The van der Waals surface area contributed by atoms with Crippen molar-refractivity contribution < 1.29 is 4.74 Å². The second-order valence-electron chi connectivity index (χ2n) is 7.64. The van der Waals surface area contributed by atoms with Gasteiger partial charge in [0.15, 0.2) is 16.0 Å². The third-order valence-electron chi connectivity index (χ3n) is 5.36. The van der Waals surface area contributed by atoms with Gasteiger partial charge in [-0.3, -0.25) is 0 Å². The SMILES string of the molecule is CSc1nc2sc3c(c2c2nnc(SCc4ccc(Cl)cc4)n12)C[C@H](C(C)C)OC3. The molecule has 0 radical (unpaired) electrons. The predicted octanol–water partition coefficient (Wildman–Crippen LogP) is 6.10. The first-order valence-corrected chi connectivity index (χ1v) is 13.2. The standard InChI is InChI=1S/C21H21ClN4OS3/c1-11(2)15-8-14-16(9-27-15)30-19-17(14)18-24-25-21(26(18)20(23-19)28-3)29-10-12-4-6-13(22)7-5-12/h4-7,11,15H,8-10H2,1-3H3/t15-/m1/s1. The number of rotatable bonds is 5. The molecule has 4 aromatic rings. The van der Waals surface area contributed by atoms with Crippen molar-refractivity contribution in [2.45, 2.75) is 49.0 Å². The second kappa shape index (κ2) is 8.31. The molecule has 1 atom stereocenters. The zero-order chi connectivity index (χ0) is 20.8. The maximum absolute atomic E-state index is 6.09. The van der Waals surface area contributed by atoms with Crippen LogP contribution < -0.4 is 0 Å². The molecule has 1 aliphatic heterocycles. The molecule has 0 saturated heterocycles. The third kappa shape index (κ3) is 3.62.